The van der Waals surface area contributed by atoms with Gasteiger partial charge in [-0.3, -0.25) is 9.67 Å². The smallest absolute Gasteiger partial charge is 0.241 e. The van der Waals surface area contributed by atoms with Crippen molar-refractivity contribution >= 4 is 5.71 Å². The number of aryl methyl sites for hydroxylation is 1. The largest absolute Gasteiger partial charge is 0.479 e. The molecule has 0 radical (unpaired) electrons. The topological polar surface area (TPSA) is 39.4 Å². The molecular weight excluding hydrogens is 166 g/mol. The summed E-state index contributed by atoms with van der Waals surface area (Å²) < 4.78 is 6.92. The molecular formula is C9H13N3O. The molecule has 70 valence electrons. The van der Waals surface area contributed by atoms with Crippen LogP contribution in [-0.4, -0.2) is 29.1 Å². The Bertz CT molecular complexity index is 341. The van der Waals surface area contributed by atoms with Crippen LogP contribution in [0.15, 0.2) is 11.2 Å². The van der Waals surface area contributed by atoms with Crippen molar-refractivity contribution in [2.24, 2.45) is 12.0 Å². The minimum absolute atomic E-state index is 0.683. The Kier molecular flexibility index (Phi) is 2.04. The van der Waals surface area contributed by atoms with Crippen LogP contribution in [0.5, 0.6) is 5.88 Å². The van der Waals surface area contributed by atoms with Gasteiger partial charge in [0.1, 0.15) is 0 Å². The molecule has 0 bridgehead atoms. The third-order valence-corrected chi connectivity index (χ3v) is 2.17. The van der Waals surface area contributed by atoms with Gasteiger partial charge in [0, 0.05) is 25.5 Å². The summed E-state index contributed by atoms with van der Waals surface area (Å²) in [6.45, 7) is 0.938. The van der Waals surface area contributed by atoms with E-state index in [4.69, 9.17) is 4.74 Å². The van der Waals surface area contributed by atoms with Crippen LogP contribution in [0, 0.1) is 0 Å². The molecule has 0 aromatic carbocycles. The summed E-state index contributed by atoms with van der Waals surface area (Å²) >= 11 is 0. The van der Waals surface area contributed by atoms with E-state index < -0.39 is 0 Å². The second-order valence-corrected chi connectivity index (χ2v) is 3.16. The lowest BCUT2D eigenvalue weighted by Gasteiger charge is -1.98. The molecule has 0 spiro atoms. The number of rotatable bonds is 2. The van der Waals surface area contributed by atoms with Gasteiger partial charge in [-0.25, -0.2) is 0 Å². The summed E-state index contributed by atoms with van der Waals surface area (Å²) in [5, 5.41) is 4.19. The molecule has 2 heterocycles. The van der Waals surface area contributed by atoms with E-state index in [9.17, 15) is 0 Å². The summed E-state index contributed by atoms with van der Waals surface area (Å²) in [5.74, 6) is 0.683. The van der Waals surface area contributed by atoms with Gasteiger partial charge in [-0.15, -0.1) is 5.10 Å². The molecule has 0 saturated heterocycles. The molecule has 1 aromatic rings. The van der Waals surface area contributed by atoms with Crippen molar-refractivity contribution in [2.45, 2.75) is 12.8 Å². The molecule has 4 nitrogen and oxygen atoms in total. The highest BCUT2D eigenvalue weighted by molar-refractivity contribution is 6.03. The molecule has 0 amide bonds. The average Bonchev–Trinajstić information content (AvgIpc) is 2.71. The first-order valence-corrected chi connectivity index (χ1v) is 4.42. The number of hydrogen-bond donors (Lipinski definition) is 0. The normalized spacial score (nSPS) is 16.0. The van der Waals surface area contributed by atoms with E-state index >= 15 is 0 Å². The lowest BCUT2D eigenvalue weighted by Crippen LogP contribution is -1.97. The molecule has 0 saturated carbocycles. The van der Waals surface area contributed by atoms with Crippen LogP contribution in [0.25, 0.3) is 0 Å². The molecule has 0 N–H and O–H groups in total. The Morgan fingerprint density at radius 1 is 1.54 bits per heavy atom. The standard InChI is InChI=1S/C9H13N3O/c1-12-6-7(9(11-12)13-2)8-4-3-5-10-8/h6H,3-5H2,1-2H3. The van der Waals surface area contributed by atoms with Crippen LogP contribution >= 0.6 is 0 Å². The zero-order chi connectivity index (χ0) is 9.26. The van der Waals surface area contributed by atoms with Crippen molar-refractivity contribution in [3.05, 3.63) is 11.8 Å². The Morgan fingerprint density at radius 2 is 2.38 bits per heavy atom. The highest BCUT2D eigenvalue weighted by atomic mass is 16.5. The number of aromatic nitrogens is 2. The van der Waals surface area contributed by atoms with Gasteiger partial charge in [-0.2, -0.15) is 0 Å². The molecule has 1 aliphatic heterocycles. The summed E-state index contributed by atoms with van der Waals surface area (Å²) in [5.41, 5.74) is 2.17. The molecule has 13 heavy (non-hydrogen) atoms. The predicted molar refractivity (Wildman–Crippen MR) is 50.4 cm³/mol. The molecule has 1 aromatic heterocycles. The fraction of sp³-hybridized carbons (Fsp3) is 0.556. The van der Waals surface area contributed by atoms with Gasteiger partial charge >= 0.3 is 0 Å². The maximum absolute atomic E-state index is 5.17. The number of nitrogens with zero attached hydrogens (tertiary/aromatic N) is 3. The lowest BCUT2D eigenvalue weighted by atomic mass is 10.1. The Hall–Kier alpha value is -1.32. The third-order valence-electron chi connectivity index (χ3n) is 2.17. The molecule has 0 aliphatic carbocycles. The van der Waals surface area contributed by atoms with Gasteiger partial charge in [-0.1, -0.05) is 0 Å². The average molecular weight is 179 g/mol. The first-order valence-electron chi connectivity index (χ1n) is 4.42. The Balaban J connectivity index is 2.37. The Labute approximate surface area is 77.2 Å². The van der Waals surface area contributed by atoms with Crippen LogP contribution in [0.1, 0.15) is 18.4 Å². The molecule has 4 heteroatoms. The number of methoxy groups -OCH3 is 1. The van der Waals surface area contributed by atoms with Gasteiger partial charge in [0.05, 0.1) is 12.7 Å². The van der Waals surface area contributed by atoms with Crippen LogP contribution in [0.3, 0.4) is 0 Å². The maximum atomic E-state index is 5.17. The maximum Gasteiger partial charge on any atom is 0.241 e. The lowest BCUT2D eigenvalue weighted by molar-refractivity contribution is 0.391. The van der Waals surface area contributed by atoms with Crippen molar-refractivity contribution in [3.8, 4) is 5.88 Å². The monoisotopic (exact) mass is 179 g/mol. The van der Waals surface area contributed by atoms with Crippen molar-refractivity contribution < 1.29 is 4.74 Å². The van der Waals surface area contributed by atoms with Crippen molar-refractivity contribution in [1.29, 1.82) is 0 Å². The molecule has 2 rings (SSSR count). The van der Waals surface area contributed by atoms with E-state index in [1.807, 2.05) is 13.2 Å². The van der Waals surface area contributed by atoms with Crippen molar-refractivity contribution in [2.75, 3.05) is 13.7 Å². The van der Waals surface area contributed by atoms with E-state index in [-0.39, 0.29) is 0 Å². The minimum Gasteiger partial charge on any atom is -0.479 e. The van der Waals surface area contributed by atoms with Gasteiger partial charge in [0.25, 0.3) is 0 Å². The fourth-order valence-corrected chi connectivity index (χ4v) is 1.58. The summed E-state index contributed by atoms with van der Waals surface area (Å²) in [4.78, 5) is 4.41. The third kappa shape index (κ3) is 1.43. The quantitative estimate of drug-likeness (QED) is 0.679. The van der Waals surface area contributed by atoms with Gasteiger partial charge in [0.2, 0.25) is 5.88 Å². The SMILES string of the molecule is COc1nn(C)cc1C1=NCCC1. The molecule has 1 aliphatic rings. The van der Waals surface area contributed by atoms with Gasteiger partial charge < -0.3 is 4.74 Å². The van der Waals surface area contributed by atoms with E-state index in [0.29, 0.717) is 5.88 Å². The van der Waals surface area contributed by atoms with Gasteiger partial charge in [0.15, 0.2) is 0 Å². The summed E-state index contributed by atoms with van der Waals surface area (Å²) in [7, 11) is 3.53. The van der Waals surface area contributed by atoms with Crippen LogP contribution in [0.2, 0.25) is 0 Å². The predicted octanol–water partition coefficient (Wildman–Crippen LogP) is 1.01. The molecule has 0 atom stereocenters. The first-order chi connectivity index (χ1) is 6.31. The van der Waals surface area contributed by atoms with Crippen molar-refractivity contribution in [3.63, 3.8) is 0 Å². The van der Waals surface area contributed by atoms with Gasteiger partial charge in [-0.05, 0) is 12.8 Å². The second-order valence-electron chi connectivity index (χ2n) is 3.16. The number of aliphatic imine (C=N–C) groups is 1. The second kappa shape index (κ2) is 3.20. The summed E-state index contributed by atoms with van der Waals surface area (Å²) in [6, 6.07) is 0. The number of ether oxygens (including phenoxy) is 1. The van der Waals surface area contributed by atoms with E-state index in [1.54, 1.807) is 11.8 Å². The molecule has 0 fully saturated rings. The summed E-state index contributed by atoms with van der Waals surface area (Å²) in [6.07, 6.45) is 4.15. The Morgan fingerprint density at radius 3 is 3.00 bits per heavy atom. The van der Waals surface area contributed by atoms with E-state index in [2.05, 4.69) is 10.1 Å². The van der Waals surface area contributed by atoms with Crippen LogP contribution in [0.4, 0.5) is 0 Å². The van der Waals surface area contributed by atoms with E-state index in [0.717, 1.165) is 30.7 Å². The first kappa shape index (κ1) is 8.29. The zero-order valence-corrected chi connectivity index (χ0v) is 7.95. The fourth-order valence-electron chi connectivity index (χ4n) is 1.58. The zero-order valence-electron chi connectivity index (χ0n) is 7.95. The van der Waals surface area contributed by atoms with Crippen molar-refractivity contribution in [1.82, 2.24) is 9.78 Å². The number of hydrogen-bond acceptors (Lipinski definition) is 3. The molecule has 0 unspecified atom stereocenters. The highest BCUT2D eigenvalue weighted by Gasteiger charge is 2.16. The van der Waals surface area contributed by atoms with Crippen LogP contribution in [-0.2, 0) is 7.05 Å². The van der Waals surface area contributed by atoms with E-state index in [1.165, 1.54) is 0 Å². The minimum atomic E-state index is 0.683. The highest BCUT2D eigenvalue weighted by Crippen LogP contribution is 2.21. The van der Waals surface area contributed by atoms with Crippen LogP contribution < -0.4 is 4.74 Å².